The van der Waals surface area contributed by atoms with Gasteiger partial charge >= 0.3 is 0 Å². The van der Waals surface area contributed by atoms with Crippen molar-refractivity contribution in [1.29, 1.82) is 0 Å². The third-order valence-corrected chi connectivity index (χ3v) is 3.99. The summed E-state index contributed by atoms with van der Waals surface area (Å²) in [6.07, 6.45) is 4.71. The number of nitrogens with one attached hydrogen (secondary N) is 2. The lowest BCUT2D eigenvalue weighted by atomic mass is 10.2. The Morgan fingerprint density at radius 2 is 1.89 bits per heavy atom. The standard InChI is InChI=1S/C20H31N5O3/c1-5-21-20(22-9-7-11-25-12-8-10-24-25)23-15-16-13-17(26-3)19(28-6-2)18(14-16)27-4/h8,10,12-14H,5-7,9,11,15H2,1-4H3,(H2,21,22,23). The van der Waals surface area contributed by atoms with Gasteiger partial charge < -0.3 is 24.8 Å². The van der Waals surface area contributed by atoms with E-state index in [2.05, 4.69) is 20.7 Å². The third-order valence-electron chi connectivity index (χ3n) is 3.99. The van der Waals surface area contributed by atoms with Crippen LogP contribution < -0.4 is 24.8 Å². The quantitative estimate of drug-likeness (QED) is 0.349. The van der Waals surface area contributed by atoms with Crippen LogP contribution >= 0.6 is 0 Å². The molecule has 0 aliphatic carbocycles. The topological polar surface area (TPSA) is 81.9 Å². The smallest absolute Gasteiger partial charge is 0.203 e. The molecule has 0 bridgehead atoms. The Kier molecular flexibility index (Phi) is 8.97. The van der Waals surface area contributed by atoms with Crippen molar-refractivity contribution in [2.75, 3.05) is 33.9 Å². The molecule has 28 heavy (non-hydrogen) atoms. The van der Waals surface area contributed by atoms with Crippen molar-refractivity contribution in [2.45, 2.75) is 33.4 Å². The molecule has 1 aromatic carbocycles. The fourth-order valence-electron chi connectivity index (χ4n) is 2.70. The van der Waals surface area contributed by atoms with Crippen LogP contribution in [0.1, 0.15) is 25.8 Å². The molecule has 0 radical (unpaired) electrons. The molecular weight excluding hydrogens is 358 g/mol. The number of rotatable bonds is 11. The summed E-state index contributed by atoms with van der Waals surface area (Å²) < 4.78 is 18.5. The summed E-state index contributed by atoms with van der Waals surface area (Å²) in [5.74, 6) is 2.67. The number of guanidine groups is 1. The van der Waals surface area contributed by atoms with Crippen LogP contribution in [-0.2, 0) is 13.1 Å². The highest BCUT2D eigenvalue weighted by molar-refractivity contribution is 5.79. The number of benzene rings is 1. The van der Waals surface area contributed by atoms with E-state index in [1.165, 1.54) is 0 Å². The molecule has 0 aliphatic heterocycles. The number of aromatic nitrogens is 2. The van der Waals surface area contributed by atoms with Gasteiger partial charge in [0.1, 0.15) is 0 Å². The highest BCUT2D eigenvalue weighted by Crippen LogP contribution is 2.38. The second-order valence-corrected chi connectivity index (χ2v) is 6.01. The lowest BCUT2D eigenvalue weighted by Crippen LogP contribution is -2.38. The fourth-order valence-corrected chi connectivity index (χ4v) is 2.70. The number of methoxy groups -OCH3 is 2. The molecule has 0 amide bonds. The van der Waals surface area contributed by atoms with E-state index in [-0.39, 0.29) is 0 Å². The Labute approximate surface area is 166 Å². The van der Waals surface area contributed by atoms with Crippen molar-refractivity contribution in [3.05, 3.63) is 36.2 Å². The Morgan fingerprint density at radius 3 is 2.46 bits per heavy atom. The van der Waals surface area contributed by atoms with Gasteiger partial charge in [-0.15, -0.1) is 0 Å². The second kappa shape index (κ2) is 11.7. The molecule has 2 rings (SSSR count). The minimum atomic E-state index is 0.494. The maximum atomic E-state index is 5.65. The molecular formula is C20H31N5O3. The summed E-state index contributed by atoms with van der Waals surface area (Å²) in [7, 11) is 3.24. The molecule has 154 valence electrons. The molecule has 0 atom stereocenters. The number of aliphatic imine (C=N–C) groups is 1. The Bertz CT molecular complexity index is 706. The van der Waals surface area contributed by atoms with E-state index in [4.69, 9.17) is 14.2 Å². The van der Waals surface area contributed by atoms with Gasteiger partial charge in [0.25, 0.3) is 0 Å². The summed E-state index contributed by atoms with van der Waals surface area (Å²) in [4.78, 5) is 4.66. The van der Waals surface area contributed by atoms with Crippen LogP contribution in [-0.4, -0.2) is 49.7 Å². The van der Waals surface area contributed by atoms with Crippen molar-refractivity contribution in [1.82, 2.24) is 20.4 Å². The van der Waals surface area contributed by atoms with Crippen LogP contribution in [0.4, 0.5) is 0 Å². The zero-order valence-corrected chi connectivity index (χ0v) is 17.2. The van der Waals surface area contributed by atoms with Gasteiger partial charge in [0.2, 0.25) is 5.75 Å². The van der Waals surface area contributed by atoms with Crippen molar-refractivity contribution < 1.29 is 14.2 Å². The van der Waals surface area contributed by atoms with Crippen molar-refractivity contribution in [3.63, 3.8) is 0 Å². The molecule has 0 saturated carbocycles. The number of ether oxygens (including phenoxy) is 3. The third kappa shape index (κ3) is 6.37. The van der Waals surface area contributed by atoms with Crippen LogP contribution in [0, 0.1) is 0 Å². The van der Waals surface area contributed by atoms with Crippen molar-refractivity contribution >= 4 is 5.96 Å². The predicted molar refractivity (Wildman–Crippen MR) is 110 cm³/mol. The molecule has 2 aromatic rings. The molecule has 8 nitrogen and oxygen atoms in total. The summed E-state index contributed by atoms with van der Waals surface area (Å²) in [5, 5.41) is 10.8. The number of nitrogens with zero attached hydrogens (tertiary/aromatic N) is 3. The highest BCUT2D eigenvalue weighted by Gasteiger charge is 2.13. The molecule has 0 fully saturated rings. The largest absolute Gasteiger partial charge is 0.493 e. The highest BCUT2D eigenvalue weighted by atomic mass is 16.5. The van der Waals surface area contributed by atoms with Gasteiger partial charge in [-0.3, -0.25) is 4.68 Å². The molecule has 2 N–H and O–H groups in total. The van der Waals surface area contributed by atoms with Crippen LogP contribution in [0.25, 0.3) is 0 Å². The average molecular weight is 390 g/mol. The zero-order chi connectivity index (χ0) is 20.2. The Balaban J connectivity index is 2.00. The van der Waals surface area contributed by atoms with E-state index in [0.29, 0.717) is 30.4 Å². The lowest BCUT2D eigenvalue weighted by molar-refractivity contribution is 0.288. The van der Waals surface area contributed by atoms with E-state index >= 15 is 0 Å². The van der Waals surface area contributed by atoms with E-state index in [9.17, 15) is 0 Å². The SMILES string of the molecule is CCNC(=NCc1cc(OC)c(OCC)c(OC)c1)NCCCn1cccn1. The van der Waals surface area contributed by atoms with Gasteiger partial charge in [0.05, 0.1) is 27.4 Å². The van der Waals surface area contributed by atoms with Gasteiger partial charge in [-0.2, -0.15) is 5.10 Å². The van der Waals surface area contributed by atoms with E-state index in [1.807, 2.05) is 42.9 Å². The molecule has 1 heterocycles. The number of hydrogen-bond donors (Lipinski definition) is 2. The van der Waals surface area contributed by atoms with E-state index in [0.717, 1.165) is 37.6 Å². The normalized spacial score (nSPS) is 11.2. The Hall–Kier alpha value is -2.90. The minimum Gasteiger partial charge on any atom is -0.493 e. The molecule has 0 spiro atoms. The van der Waals surface area contributed by atoms with Crippen LogP contribution in [0.15, 0.2) is 35.6 Å². The maximum absolute atomic E-state index is 5.65. The first kappa shape index (κ1) is 21.4. The molecule has 0 saturated heterocycles. The van der Waals surface area contributed by atoms with Crippen molar-refractivity contribution in [3.8, 4) is 17.2 Å². The first-order valence-corrected chi connectivity index (χ1v) is 9.59. The van der Waals surface area contributed by atoms with Crippen molar-refractivity contribution in [2.24, 2.45) is 4.99 Å². The van der Waals surface area contributed by atoms with E-state index < -0.39 is 0 Å². The van der Waals surface area contributed by atoms with E-state index in [1.54, 1.807) is 20.4 Å². The summed E-state index contributed by atoms with van der Waals surface area (Å²) in [6.45, 7) is 7.47. The minimum absolute atomic E-state index is 0.494. The van der Waals surface area contributed by atoms with Crippen LogP contribution in [0.2, 0.25) is 0 Å². The molecule has 8 heteroatoms. The summed E-state index contributed by atoms with van der Waals surface area (Å²) >= 11 is 0. The van der Waals surface area contributed by atoms with Gasteiger partial charge in [-0.25, -0.2) is 4.99 Å². The second-order valence-electron chi connectivity index (χ2n) is 6.01. The number of hydrogen-bond acceptors (Lipinski definition) is 5. The average Bonchev–Trinajstić information content (AvgIpc) is 3.23. The molecule has 0 aliphatic rings. The summed E-state index contributed by atoms with van der Waals surface area (Å²) in [5.41, 5.74) is 0.978. The van der Waals surface area contributed by atoms with Crippen LogP contribution in [0.5, 0.6) is 17.2 Å². The number of aryl methyl sites for hydroxylation is 1. The first-order chi connectivity index (χ1) is 13.7. The molecule has 1 aromatic heterocycles. The van der Waals surface area contributed by atoms with Gasteiger partial charge in [-0.1, -0.05) is 0 Å². The van der Waals surface area contributed by atoms with Crippen LogP contribution in [0.3, 0.4) is 0 Å². The first-order valence-electron chi connectivity index (χ1n) is 9.59. The lowest BCUT2D eigenvalue weighted by Gasteiger charge is -2.15. The Morgan fingerprint density at radius 1 is 1.14 bits per heavy atom. The van der Waals surface area contributed by atoms with Gasteiger partial charge in [-0.05, 0) is 44.0 Å². The zero-order valence-electron chi connectivity index (χ0n) is 17.2. The monoisotopic (exact) mass is 389 g/mol. The molecule has 0 unspecified atom stereocenters. The van der Waals surface area contributed by atoms with Gasteiger partial charge in [0.15, 0.2) is 17.5 Å². The predicted octanol–water partition coefficient (Wildman–Crippen LogP) is 2.44. The fraction of sp³-hybridized carbons (Fsp3) is 0.500. The maximum Gasteiger partial charge on any atom is 0.203 e. The summed E-state index contributed by atoms with van der Waals surface area (Å²) in [6, 6.07) is 5.79. The van der Waals surface area contributed by atoms with Gasteiger partial charge in [0, 0.05) is 32.0 Å².